The Hall–Kier alpha value is -0.500. The summed E-state index contributed by atoms with van der Waals surface area (Å²) < 4.78 is 4.94. The molecule has 0 aromatic carbocycles. The number of methoxy groups -OCH3 is 1. The summed E-state index contributed by atoms with van der Waals surface area (Å²) in [5.41, 5.74) is 0. The summed E-state index contributed by atoms with van der Waals surface area (Å²) in [4.78, 5) is 2.02. The van der Waals surface area contributed by atoms with E-state index in [1.54, 1.807) is 13.3 Å². The molecule has 9 heavy (non-hydrogen) atoms. The van der Waals surface area contributed by atoms with Crippen molar-refractivity contribution in [1.29, 1.82) is 0 Å². The predicted molar refractivity (Wildman–Crippen MR) is 39.3 cm³/mol. The molecule has 0 saturated carbocycles. The summed E-state index contributed by atoms with van der Waals surface area (Å²) in [7, 11) is 3.68. The molecule has 54 valence electrons. The van der Waals surface area contributed by atoms with Gasteiger partial charge in [0.15, 0.2) is 0 Å². The van der Waals surface area contributed by atoms with E-state index in [4.69, 9.17) is 4.74 Å². The first kappa shape index (κ1) is 8.50. The van der Waals surface area contributed by atoms with Crippen molar-refractivity contribution in [3.63, 3.8) is 0 Å². The van der Waals surface area contributed by atoms with Crippen molar-refractivity contribution in [1.82, 2.24) is 4.90 Å². The second-order valence-corrected chi connectivity index (χ2v) is 2.15. The molecule has 2 heteroatoms. The van der Waals surface area contributed by atoms with Crippen LogP contribution in [-0.4, -0.2) is 31.7 Å². The zero-order valence-electron chi connectivity index (χ0n) is 6.42. The van der Waals surface area contributed by atoms with E-state index in [1.807, 2.05) is 11.9 Å². The third kappa shape index (κ3) is 3.14. The molecule has 0 fully saturated rings. The van der Waals surface area contributed by atoms with Crippen molar-refractivity contribution in [3.8, 4) is 0 Å². The lowest BCUT2D eigenvalue weighted by Gasteiger charge is -2.21. The number of rotatable bonds is 4. The average Bonchev–Trinajstić information content (AvgIpc) is 1.87. The first-order valence-corrected chi connectivity index (χ1v) is 3.05. The van der Waals surface area contributed by atoms with Gasteiger partial charge in [-0.2, -0.15) is 0 Å². The van der Waals surface area contributed by atoms with Gasteiger partial charge in [0.1, 0.15) is 0 Å². The topological polar surface area (TPSA) is 12.5 Å². The van der Waals surface area contributed by atoms with E-state index in [0.717, 1.165) is 6.61 Å². The number of hydrogen-bond donors (Lipinski definition) is 0. The van der Waals surface area contributed by atoms with Gasteiger partial charge in [-0.25, -0.2) is 0 Å². The van der Waals surface area contributed by atoms with Crippen molar-refractivity contribution in [2.45, 2.75) is 13.0 Å². The van der Waals surface area contributed by atoms with E-state index in [1.165, 1.54) is 0 Å². The van der Waals surface area contributed by atoms with Crippen LogP contribution in [0.1, 0.15) is 6.92 Å². The summed E-state index contributed by atoms with van der Waals surface area (Å²) in [5.74, 6) is 0. The molecule has 0 saturated heterocycles. The minimum absolute atomic E-state index is 0.424. The van der Waals surface area contributed by atoms with Crippen LogP contribution < -0.4 is 0 Å². The van der Waals surface area contributed by atoms with E-state index in [9.17, 15) is 0 Å². The van der Waals surface area contributed by atoms with Crippen molar-refractivity contribution < 1.29 is 4.74 Å². The number of nitrogens with zero attached hydrogens (tertiary/aromatic N) is 1. The zero-order chi connectivity index (χ0) is 7.28. The van der Waals surface area contributed by atoms with Gasteiger partial charge < -0.3 is 9.64 Å². The van der Waals surface area contributed by atoms with Crippen molar-refractivity contribution in [3.05, 3.63) is 12.8 Å². The lowest BCUT2D eigenvalue weighted by molar-refractivity contribution is 0.138. The maximum atomic E-state index is 4.94. The molecule has 0 N–H and O–H groups in total. The Morgan fingerprint density at radius 3 is 2.67 bits per heavy atom. The molecule has 1 atom stereocenters. The van der Waals surface area contributed by atoms with Gasteiger partial charge in [0.2, 0.25) is 0 Å². The summed E-state index contributed by atoms with van der Waals surface area (Å²) in [5, 5.41) is 0. The molecule has 2 nitrogen and oxygen atoms in total. The van der Waals surface area contributed by atoms with Crippen LogP contribution in [0.15, 0.2) is 12.8 Å². The first-order valence-electron chi connectivity index (χ1n) is 3.05. The first-order chi connectivity index (χ1) is 4.22. The Balaban J connectivity index is 3.44. The molecule has 0 aliphatic heterocycles. The molecule has 0 aromatic rings. The van der Waals surface area contributed by atoms with E-state index < -0.39 is 0 Å². The van der Waals surface area contributed by atoms with E-state index in [-0.39, 0.29) is 0 Å². The fraction of sp³-hybridized carbons (Fsp3) is 0.714. The molecule has 0 amide bonds. The van der Waals surface area contributed by atoms with Gasteiger partial charge >= 0.3 is 0 Å². The Morgan fingerprint density at radius 1 is 1.78 bits per heavy atom. The van der Waals surface area contributed by atoms with Crippen LogP contribution in [0.2, 0.25) is 0 Å². The Morgan fingerprint density at radius 2 is 2.33 bits per heavy atom. The van der Waals surface area contributed by atoms with Gasteiger partial charge in [-0.05, 0) is 13.1 Å². The molecular formula is C7H15NO. The SMILES string of the molecule is C=CN(C)[C@@H](C)COC. The molecule has 0 bridgehead atoms. The molecule has 0 spiro atoms. The minimum Gasteiger partial charge on any atom is -0.383 e. The Kier molecular flexibility index (Phi) is 4.14. The number of hydrogen-bond acceptors (Lipinski definition) is 2. The lowest BCUT2D eigenvalue weighted by Crippen LogP contribution is -2.27. The third-order valence-corrected chi connectivity index (χ3v) is 1.39. The highest BCUT2D eigenvalue weighted by Crippen LogP contribution is 1.93. The Bertz CT molecular complexity index is 83.0. The summed E-state index contributed by atoms with van der Waals surface area (Å²) in [6, 6.07) is 0.424. The highest BCUT2D eigenvalue weighted by molar-refractivity contribution is 4.72. The molecule has 0 aromatic heterocycles. The minimum atomic E-state index is 0.424. The molecule has 0 radical (unpaired) electrons. The maximum absolute atomic E-state index is 4.94. The highest BCUT2D eigenvalue weighted by atomic mass is 16.5. The monoisotopic (exact) mass is 129 g/mol. The third-order valence-electron chi connectivity index (χ3n) is 1.39. The lowest BCUT2D eigenvalue weighted by atomic mass is 10.3. The van der Waals surface area contributed by atoms with Gasteiger partial charge in [0.05, 0.1) is 6.61 Å². The molecule has 0 rings (SSSR count). The number of ether oxygens (including phenoxy) is 1. The van der Waals surface area contributed by atoms with Gasteiger partial charge in [0.25, 0.3) is 0 Å². The van der Waals surface area contributed by atoms with Gasteiger partial charge in [-0.1, -0.05) is 6.58 Å². The van der Waals surface area contributed by atoms with Crippen LogP contribution in [-0.2, 0) is 4.74 Å². The fourth-order valence-electron chi connectivity index (χ4n) is 0.539. The number of likely N-dealkylation sites (N-methyl/N-ethyl adjacent to an activating group) is 1. The molecule has 0 heterocycles. The molecule has 0 aliphatic carbocycles. The van der Waals surface area contributed by atoms with Crippen LogP contribution in [0.3, 0.4) is 0 Å². The van der Waals surface area contributed by atoms with Crippen molar-refractivity contribution in [2.24, 2.45) is 0 Å². The standard InChI is InChI=1S/C7H15NO/c1-5-8(3)7(2)6-9-4/h5,7H,1,6H2,2-4H3/t7-/m0/s1. The van der Waals surface area contributed by atoms with Crippen LogP contribution in [0.25, 0.3) is 0 Å². The smallest absolute Gasteiger partial charge is 0.0663 e. The van der Waals surface area contributed by atoms with E-state index in [2.05, 4.69) is 13.5 Å². The summed E-state index contributed by atoms with van der Waals surface area (Å²) in [6.45, 7) is 6.48. The van der Waals surface area contributed by atoms with Crippen LogP contribution in [0, 0.1) is 0 Å². The normalized spacial score (nSPS) is 12.8. The quantitative estimate of drug-likeness (QED) is 0.563. The van der Waals surface area contributed by atoms with Crippen LogP contribution in [0.5, 0.6) is 0 Å². The molecule has 0 unspecified atom stereocenters. The van der Waals surface area contributed by atoms with Gasteiger partial charge in [0, 0.05) is 20.2 Å². The highest BCUT2D eigenvalue weighted by Gasteiger charge is 2.01. The zero-order valence-corrected chi connectivity index (χ0v) is 6.42. The van der Waals surface area contributed by atoms with E-state index in [0.29, 0.717) is 6.04 Å². The van der Waals surface area contributed by atoms with Crippen molar-refractivity contribution in [2.75, 3.05) is 20.8 Å². The second kappa shape index (κ2) is 4.39. The fourth-order valence-corrected chi connectivity index (χ4v) is 0.539. The molecule has 0 aliphatic rings. The second-order valence-electron chi connectivity index (χ2n) is 2.15. The van der Waals surface area contributed by atoms with Gasteiger partial charge in [-0.15, -0.1) is 0 Å². The average molecular weight is 129 g/mol. The summed E-state index contributed by atoms with van der Waals surface area (Å²) >= 11 is 0. The summed E-state index contributed by atoms with van der Waals surface area (Å²) in [6.07, 6.45) is 1.80. The van der Waals surface area contributed by atoms with Crippen molar-refractivity contribution >= 4 is 0 Å². The van der Waals surface area contributed by atoms with E-state index >= 15 is 0 Å². The maximum Gasteiger partial charge on any atom is 0.0663 e. The van der Waals surface area contributed by atoms with Gasteiger partial charge in [-0.3, -0.25) is 0 Å². The Labute approximate surface area is 57.1 Å². The van der Waals surface area contributed by atoms with Crippen LogP contribution >= 0.6 is 0 Å². The molecular weight excluding hydrogens is 114 g/mol. The largest absolute Gasteiger partial charge is 0.383 e. The predicted octanol–water partition coefficient (Wildman–Crippen LogP) is 1.10. The van der Waals surface area contributed by atoms with Crippen LogP contribution in [0.4, 0.5) is 0 Å².